The first-order chi connectivity index (χ1) is 10.5. The monoisotopic (exact) mass is 335 g/mol. The fraction of sp³-hybridized carbons (Fsp3) is 0.200. The van der Waals surface area contributed by atoms with E-state index in [1.165, 1.54) is 11.3 Å². The van der Waals surface area contributed by atoms with Gasteiger partial charge in [0.25, 0.3) is 0 Å². The number of hydrogen-bond donors (Lipinski definition) is 1. The third-order valence-corrected chi connectivity index (χ3v) is 4.33. The zero-order chi connectivity index (χ0) is 15.9. The molecule has 0 fully saturated rings. The summed E-state index contributed by atoms with van der Waals surface area (Å²) < 4.78 is 1.90. The molecule has 0 unspecified atom stereocenters. The van der Waals surface area contributed by atoms with Crippen LogP contribution in [-0.2, 0) is 6.54 Å². The number of aromatic nitrogens is 2. The molecule has 0 saturated carbocycles. The fourth-order valence-corrected chi connectivity index (χ4v) is 3.32. The molecule has 5 nitrogen and oxygen atoms in total. The predicted molar refractivity (Wildman–Crippen MR) is 88.3 cm³/mol. The molecule has 7 heteroatoms. The van der Waals surface area contributed by atoms with Crippen molar-refractivity contribution in [3.63, 3.8) is 0 Å². The van der Waals surface area contributed by atoms with Gasteiger partial charge in [0.1, 0.15) is 0 Å². The van der Waals surface area contributed by atoms with Crippen molar-refractivity contribution in [1.82, 2.24) is 14.5 Å². The lowest BCUT2D eigenvalue weighted by Gasteiger charge is -2.07. The number of carboxylic acids is 1. The van der Waals surface area contributed by atoms with Crippen molar-refractivity contribution in [3.05, 3.63) is 46.1 Å². The Morgan fingerprint density at radius 1 is 1.45 bits per heavy atom. The first kappa shape index (κ1) is 15.0. The van der Waals surface area contributed by atoms with Crippen LogP contribution in [0, 0.1) is 0 Å². The number of halogens is 1. The predicted octanol–water partition coefficient (Wildman–Crippen LogP) is 3.50. The molecule has 0 atom stereocenters. The summed E-state index contributed by atoms with van der Waals surface area (Å²) in [5.74, 6) is -1.02. The Bertz CT molecular complexity index is 854. The number of rotatable bonds is 4. The van der Waals surface area contributed by atoms with Gasteiger partial charge in [-0.25, -0.2) is 9.78 Å². The molecule has 3 aromatic rings. The van der Waals surface area contributed by atoms with Crippen LogP contribution in [-0.4, -0.2) is 39.6 Å². The van der Waals surface area contributed by atoms with Crippen LogP contribution < -0.4 is 0 Å². The molecule has 0 aliphatic rings. The van der Waals surface area contributed by atoms with E-state index in [9.17, 15) is 4.79 Å². The molecule has 0 aliphatic carbocycles. The molecule has 1 aromatic carbocycles. The highest BCUT2D eigenvalue weighted by molar-refractivity contribution is 7.12. The number of aromatic carboxylic acids is 1. The van der Waals surface area contributed by atoms with E-state index in [1.807, 2.05) is 43.1 Å². The molecule has 114 valence electrons. The molecule has 0 saturated heterocycles. The average Bonchev–Trinajstić information content (AvgIpc) is 3.03. The van der Waals surface area contributed by atoms with E-state index >= 15 is 0 Å². The zero-order valence-electron chi connectivity index (χ0n) is 12.1. The second-order valence-electron chi connectivity index (χ2n) is 5.24. The van der Waals surface area contributed by atoms with Crippen LogP contribution in [0.1, 0.15) is 16.1 Å². The van der Waals surface area contributed by atoms with Crippen LogP contribution in [0.25, 0.3) is 16.0 Å². The number of nitrogens with zero attached hydrogens (tertiary/aromatic N) is 3. The van der Waals surface area contributed by atoms with Crippen LogP contribution in [0.2, 0.25) is 5.02 Å². The maximum absolute atomic E-state index is 11.0. The van der Waals surface area contributed by atoms with Gasteiger partial charge in [-0.15, -0.1) is 11.3 Å². The minimum Gasteiger partial charge on any atom is -0.476 e. The summed E-state index contributed by atoms with van der Waals surface area (Å²) in [5, 5.41) is 12.9. The molecular weight excluding hydrogens is 322 g/mol. The normalized spacial score (nSPS) is 11.5. The van der Waals surface area contributed by atoms with Gasteiger partial charge in [-0.2, -0.15) is 0 Å². The van der Waals surface area contributed by atoms with E-state index in [0.717, 1.165) is 23.0 Å². The Morgan fingerprint density at radius 3 is 2.86 bits per heavy atom. The Kier molecular flexibility index (Phi) is 3.90. The van der Waals surface area contributed by atoms with E-state index in [4.69, 9.17) is 16.7 Å². The van der Waals surface area contributed by atoms with Gasteiger partial charge in [0, 0.05) is 28.5 Å². The van der Waals surface area contributed by atoms with E-state index in [2.05, 4.69) is 9.88 Å². The Labute approximate surface area is 136 Å². The van der Waals surface area contributed by atoms with Gasteiger partial charge in [0.2, 0.25) is 0 Å². The Balaban J connectivity index is 2.19. The third kappa shape index (κ3) is 2.72. The van der Waals surface area contributed by atoms with Crippen LogP contribution in [0.4, 0.5) is 0 Å². The molecule has 2 heterocycles. The molecule has 0 radical (unpaired) electrons. The van der Waals surface area contributed by atoms with Crippen molar-refractivity contribution >= 4 is 39.8 Å². The number of carboxylic acid groups (broad SMARTS) is 1. The van der Waals surface area contributed by atoms with Gasteiger partial charge in [-0.1, -0.05) is 17.7 Å². The van der Waals surface area contributed by atoms with Crippen LogP contribution in [0.15, 0.2) is 29.8 Å². The topological polar surface area (TPSA) is 58.4 Å². The minimum absolute atomic E-state index is 0.0537. The number of thiazole rings is 1. The summed E-state index contributed by atoms with van der Waals surface area (Å²) >= 11 is 7.41. The first-order valence-corrected chi connectivity index (χ1v) is 7.85. The number of carbonyl (C=O) groups is 1. The van der Waals surface area contributed by atoms with Crippen LogP contribution in [0.3, 0.4) is 0 Å². The van der Waals surface area contributed by atoms with Gasteiger partial charge in [-0.05, 0) is 31.8 Å². The lowest BCUT2D eigenvalue weighted by atomic mass is 10.2. The molecule has 1 N–H and O–H groups in total. The maximum Gasteiger partial charge on any atom is 0.355 e. The van der Waals surface area contributed by atoms with Crippen molar-refractivity contribution in [2.75, 3.05) is 14.1 Å². The average molecular weight is 336 g/mol. The summed E-state index contributed by atoms with van der Waals surface area (Å²) in [6.45, 7) is 0.780. The van der Waals surface area contributed by atoms with Gasteiger partial charge < -0.3 is 10.0 Å². The van der Waals surface area contributed by atoms with Crippen molar-refractivity contribution in [3.8, 4) is 5.13 Å². The van der Waals surface area contributed by atoms with Crippen molar-refractivity contribution < 1.29 is 9.90 Å². The summed E-state index contributed by atoms with van der Waals surface area (Å²) in [7, 11) is 4.01. The Morgan fingerprint density at radius 2 is 2.23 bits per heavy atom. The van der Waals surface area contributed by atoms with Crippen LogP contribution >= 0.6 is 22.9 Å². The highest BCUT2D eigenvalue weighted by Crippen LogP contribution is 2.29. The standard InChI is InChI=1S/C15H14ClN3O2S/c1-18(2)6-9-7-19(13-5-10(16)3-4-11(9)13)15-17-12(8-22-15)14(20)21/h3-5,7-8H,6H2,1-2H3,(H,20,21). The first-order valence-electron chi connectivity index (χ1n) is 6.59. The zero-order valence-corrected chi connectivity index (χ0v) is 13.6. The second kappa shape index (κ2) is 5.72. The number of hydrogen-bond acceptors (Lipinski definition) is 4. The number of benzene rings is 1. The fourth-order valence-electron chi connectivity index (χ4n) is 2.37. The van der Waals surface area contributed by atoms with Crippen molar-refractivity contribution in [1.29, 1.82) is 0 Å². The minimum atomic E-state index is -1.02. The van der Waals surface area contributed by atoms with Crippen molar-refractivity contribution in [2.24, 2.45) is 0 Å². The highest BCUT2D eigenvalue weighted by Gasteiger charge is 2.15. The SMILES string of the molecule is CN(C)Cc1cn(-c2nc(C(=O)O)cs2)c2cc(Cl)ccc12. The number of fused-ring (bicyclic) bond motifs is 1. The van der Waals surface area contributed by atoms with E-state index in [-0.39, 0.29) is 5.69 Å². The van der Waals surface area contributed by atoms with E-state index < -0.39 is 5.97 Å². The molecule has 0 spiro atoms. The lowest BCUT2D eigenvalue weighted by Crippen LogP contribution is -2.10. The van der Waals surface area contributed by atoms with Crippen LogP contribution in [0.5, 0.6) is 0 Å². The van der Waals surface area contributed by atoms with E-state index in [0.29, 0.717) is 10.2 Å². The molecule has 3 rings (SSSR count). The maximum atomic E-state index is 11.0. The summed E-state index contributed by atoms with van der Waals surface area (Å²) in [6, 6.07) is 5.72. The van der Waals surface area contributed by atoms with Gasteiger partial charge in [-0.3, -0.25) is 4.57 Å². The largest absolute Gasteiger partial charge is 0.476 e. The molecule has 2 aromatic heterocycles. The molecule has 0 amide bonds. The molecular formula is C15H14ClN3O2S. The van der Waals surface area contributed by atoms with Gasteiger partial charge in [0.05, 0.1) is 5.52 Å². The summed E-state index contributed by atoms with van der Waals surface area (Å²) in [5.41, 5.74) is 2.12. The molecule has 0 aliphatic heterocycles. The summed E-state index contributed by atoms with van der Waals surface area (Å²) in [4.78, 5) is 17.3. The smallest absolute Gasteiger partial charge is 0.355 e. The third-order valence-electron chi connectivity index (χ3n) is 3.25. The quantitative estimate of drug-likeness (QED) is 0.792. The highest BCUT2D eigenvalue weighted by atomic mass is 35.5. The van der Waals surface area contributed by atoms with Crippen molar-refractivity contribution in [2.45, 2.75) is 6.54 Å². The summed E-state index contributed by atoms with van der Waals surface area (Å²) in [6.07, 6.45) is 1.99. The molecule has 22 heavy (non-hydrogen) atoms. The second-order valence-corrected chi connectivity index (χ2v) is 6.52. The Hall–Kier alpha value is -1.89. The van der Waals surface area contributed by atoms with E-state index in [1.54, 1.807) is 5.38 Å². The van der Waals surface area contributed by atoms with Gasteiger partial charge in [0.15, 0.2) is 10.8 Å². The molecule has 0 bridgehead atoms. The lowest BCUT2D eigenvalue weighted by molar-refractivity contribution is 0.0691. The van der Waals surface area contributed by atoms with Gasteiger partial charge >= 0.3 is 5.97 Å².